The second-order valence-corrected chi connectivity index (χ2v) is 4.85. The van der Waals surface area contributed by atoms with Crippen molar-refractivity contribution >= 4 is 0 Å². The summed E-state index contributed by atoms with van der Waals surface area (Å²) in [6.07, 6.45) is 0.497. The van der Waals surface area contributed by atoms with Crippen LogP contribution < -0.4 is 4.73 Å². The van der Waals surface area contributed by atoms with Crippen LogP contribution in [0, 0.1) is 5.21 Å². The van der Waals surface area contributed by atoms with Gasteiger partial charge in [0.1, 0.15) is 0 Å². The number of nitrogens with zero attached hydrogens (tertiary/aromatic N) is 1. The minimum absolute atomic E-state index is 0.322. The van der Waals surface area contributed by atoms with Crippen molar-refractivity contribution in [2.45, 2.75) is 6.10 Å². The molecule has 0 aliphatic carbocycles. The van der Waals surface area contributed by atoms with Crippen LogP contribution in [0.5, 0.6) is 0 Å². The van der Waals surface area contributed by atoms with Gasteiger partial charge in [-0.2, -0.15) is 4.73 Å². The monoisotopic (exact) mass is 277 g/mol. The minimum atomic E-state index is -0.938. The first-order chi connectivity index (χ1) is 10.3. The number of aliphatic hydroxyl groups is 1. The van der Waals surface area contributed by atoms with Crippen LogP contribution >= 0.6 is 0 Å². The van der Waals surface area contributed by atoms with Crippen LogP contribution in [0.15, 0.2) is 79.0 Å². The maximum atomic E-state index is 12.0. The van der Waals surface area contributed by atoms with Crippen molar-refractivity contribution in [2.75, 3.05) is 0 Å². The van der Waals surface area contributed by atoms with E-state index in [-0.39, 0.29) is 0 Å². The lowest BCUT2D eigenvalue weighted by atomic mass is 10.0. The summed E-state index contributed by atoms with van der Waals surface area (Å²) in [5.74, 6) is 0. The number of rotatable bonds is 3. The zero-order valence-electron chi connectivity index (χ0n) is 11.4. The van der Waals surface area contributed by atoms with Gasteiger partial charge < -0.3 is 10.3 Å². The van der Waals surface area contributed by atoms with Crippen molar-refractivity contribution in [3.8, 4) is 11.1 Å². The Labute approximate surface area is 123 Å². The first-order valence-corrected chi connectivity index (χ1v) is 6.77. The van der Waals surface area contributed by atoms with E-state index in [2.05, 4.69) is 0 Å². The second-order valence-electron chi connectivity index (χ2n) is 4.85. The summed E-state index contributed by atoms with van der Waals surface area (Å²) in [5, 5.41) is 22.4. The van der Waals surface area contributed by atoms with Crippen molar-refractivity contribution in [1.82, 2.24) is 0 Å². The SMILES string of the molecule is [O-][n+]1ccc(-c2ccccc2)cc1C(O)c1ccccc1. The fourth-order valence-corrected chi connectivity index (χ4v) is 2.32. The topological polar surface area (TPSA) is 47.2 Å². The molecule has 1 atom stereocenters. The van der Waals surface area contributed by atoms with Crippen LogP contribution in [-0.4, -0.2) is 5.11 Å². The maximum absolute atomic E-state index is 12.0. The quantitative estimate of drug-likeness (QED) is 0.591. The Kier molecular flexibility index (Phi) is 3.67. The van der Waals surface area contributed by atoms with Crippen molar-refractivity contribution in [3.05, 3.63) is 95.5 Å². The van der Waals surface area contributed by atoms with Crippen molar-refractivity contribution < 1.29 is 9.84 Å². The molecule has 0 radical (unpaired) electrons. The molecule has 2 aromatic carbocycles. The summed E-state index contributed by atoms with van der Waals surface area (Å²) in [5.41, 5.74) is 2.95. The molecule has 3 heteroatoms. The molecule has 3 nitrogen and oxygen atoms in total. The molecular weight excluding hydrogens is 262 g/mol. The van der Waals surface area contributed by atoms with Crippen LogP contribution in [0.4, 0.5) is 0 Å². The lowest BCUT2D eigenvalue weighted by Gasteiger charge is -2.12. The van der Waals surface area contributed by atoms with Gasteiger partial charge >= 0.3 is 0 Å². The molecule has 0 aliphatic rings. The lowest BCUT2D eigenvalue weighted by molar-refractivity contribution is -0.617. The summed E-state index contributed by atoms with van der Waals surface area (Å²) >= 11 is 0. The molecule has 0 fully saturated rings. The Balaban J connectivity index is 2.03. The molecule has 1 aromatic heterocycles. The average molecular weight is 277 g/mol. The third kappa shape index (κ3) is 2.78. The Bertz CT molecular complexity index is 727. The number of hydrogen-bond acceptors (Lipinski definition) is 2. The number of aliphatic hydroxyl groups excluding tert-OH is 1. The zero-order chi connectivity index (χ0) is 14.7. The van der Waals surface area contributed by atoms with Crippen molar-refractivity contribution in [3.63, 3.8) is 0 Å². The Morgan fingerprint density at radius 1 is 0.810 bits per heavy atom. The fourth-order valence-electron chi connectivity index (χ4n) is 2.32. The standard InChI is InChI=1S/C18H15NO2/c20-18(15-9-5-2-6-10-15)17-13-16(11-12-19(17)21)14-7-3-1-4-8-14/h1-13,18,20H. The van der Waals surface area contributed by atoms with E-state index in [0.29, 0.717) is 16.0 Å². The number of aromatic nitrogens is 1. The minimum Gasteiger partial charge on any atom is -0.618 e. The van der Waals surface area contributed by atoms with E-state index in [4.69, 9.17) is 0 Å². The highest BCUT2D eigenvalue weighted by Crippen LogP contribution is 2.24. The summed E-state index contributed by atoms with van der Waals surface area (Å²) < 4.78 is 0.712. The van der Waals surface area contributed by atoms with Gasteiger partial charge in [0.2, 0.25) is 5.69 Å². The van der Waals surface area contributed by atoms with Gasteiger partial charge in [0.05, 0.1) is 0 Å². The van der Waals surface area contributed by atoms with Crippen LogP contribution in [0.25, 0.3) is 11.1 Å². The first-order valence-electron chi connectivity index (χ1n) is 6.77. The van der Waals surface area contributed by atoms with Crippen LogP contribution in [0.1, 0.15) is 17.4 Å². The first kappa shape index (κ1) is 13.3. The van der Waals surface area contributed by atoms with E-state index in [1.54, 1.807) is 24.3 Å². The molecule has 0 amide bonds. The predicted octanol–water partition coefficient (Wildman–Crippen LogP) is 3.07. The molecule has 1 heterocycles. The van der Waals surface area contributed by atoms with E-state index >= 15 is 0 Å². The normalized spacial score (nSPS) is 12.0. The van der Waals surface area contributed by atoms with Crippen LogP contribution in [0.3, 0.4) is 0 Å². The van der Waals surface area contributed by atoms with E-state index < -0.39 is 6.10 Å². The third-order valence-corrected chi connectivity index (χ3v) is 3.45. The summed E-state index contributed by atoms with van der Waals surface area (Å²) in [6.45, 7) is 0. The van der Waals surface area contributed by atoms with Crippen LogP contribution in [-0.2, 0) is 0 Å². The molecule has 3 aromatic rings. The lowest BCUT2D eigenvalue weighted by Crippen LogP contribution is -2.33. The number of pyridine rings is 1. The van der Waals surface area contributed by atoms with Crippen LogP contribution in [0.2, 0.25) is 0 Å². The van der Waals surface area contributed by atoms with Gasteiger partial charge in [0, 0.05) is 12.1 Å². The summed E-state index contributed by atoms with van der Waals surface area (Å²) in [4.78, 5) is 0. The molecular formula is C18H15NO2. The Morgan fingerprint density at radius 2 is 1.43 bits per heavy atom. The average Bonchev–Trinajstić information content (AvgIpc) is 2.56. The fraction of sp³-hybridized carbons (Fsp3) is 0.0556. The van der Waals surface area contributed by atoms with Gasteiger partial charge in [0.15, 0.2) is 12.3 Å². The molecule has 0 bridgehead atoms. The summed E-state index contributed by atoms with van der Waals surface area (Å²) in [6, 6.07) is 22.4. The molecule has 1 unspecified atom stereocenters. The van der Waals surface area contributed by atoms with E-state index in [1.165, 1.54) is 6.20 Å². The van der Waals surface area contributed by atoms with Gasteiger partial charge in [-0.25, -0.2) is 0 Å². The molecule has 21 heavy (non-hydrogen) atoms. The molecule has 3 rings (SSSR count). The Hall–Kier alpha value is -2.65. The zero-order valence-corrected chi connectivity index (χ0v) is 11.4. The molecule has 1 N–H and O–H groups in total. The van der Waals surface area contributed by atoms with E-state index in [0.717, 1.165) is 11.1 Å². The highest BCUT2D eigenvalue weighted by atomic mass is 16.5. The number of benzene rings is 2. The Morgan fingerprint density at radius 3 is 2.10 bits per heavy atom. The highest BCUT2D eigenvalue weighted by molar-refractivity contribution is 5.62. The van der Waals surface area contributed by atoms with Crippen molar-refractivity contribution in [1.29, 1.82) is 0 Å². The molecule has 104 valence electrons. The molecule has 0 saturated heterocycles. The van der Waals surface area contributed by atoms with Gasteiger partial charge in [-0.05, 0) is 16.7 Å². The molecule has 0 saturated carbocycles. The second kappa shape index (κ2) is 5.77. The van der Waals surface area contributed by atoms with E-state index in [9.17, 15) is 10.3 Å². The van der Waals surface area contributed by atoms with Crippen molar-refractivity contribution in [2.24, 2.45) is 0 Å². The largest absolute Gasteiger partial charge is 0.618 e. The third-order valence-electron chi connectivity index (χ3n) is 3.45. The van der Waals surface area contributed by atoms with Gasteiger partial charge in [-0.1, -0.05) is 60.7 Å². The predicted molar refractivity (Wildman–Crippen MR) is 81.3 cm³/mol. The molecule has 0 spiro atoms. The maximum Gasteiger partial charge on any atom is 0.226 e. The summed E-state index contributed by atoms with van der Waals surface area (Å²) in [7, 11) is 0. The highest BCUT2D eigenvalue weighted by Gasteiger charge is 2.19. The molecule has 0 aliphatic heterocycles. The smallest absolute Gasteiger partial charge is 0.226 e. The number of hydrogen-bond donors (Lipinski definition) is 1. The van der Waals surface area contributed by atoms with Gasteiger partial charge in [0.25, 0.3) is 0 Å². The van der Waals surface area contributed by atoms with Gasteiger partial charge in [-0.15, -0.1) is 0 Å². The van der Waals surface area contributed by atoms with Gasteiger partial charge in [-0.3, -0.25) is 0 Å². The van der Waals surface area contributed by atoms with E-state index in [1.807, 2.05) is 48.5 Å².